The number of rotatable bonds is 3. The molecule has 4 nitrogen and oxygen atoms in total. The van der Waals surface area contributed by atoms with Crippen molar-refractivity contribution >= 4 is 16.6 Å². The van der Waals surface area contributed by atoms with Crippen LogP contribution in [0.5, 0.6) is 0 Å². The fraction of sp³-hybridized carbons (Fsp3) is 0.333. The Balaban J connectivity index is 2.42. The molecule has 2 aromatic heterocycles. The zero-order valence-electron chi connectivity index (χ0n) is 11.2. The van der Waals surface area contributed by atoms with Crippen LogP contribution in [0.2, 0.25) is 0 Å². The summed E-state index contributed by atoms with van der Waals surface area (Å²) in [6.07, 6.45) is 1.58. The molecule has 0 atom stereocenters. The van der Waals surface area contributed by atoms with Gasteiger partial charge in [0.25, 0.3) is 0 Å². The van der Waals surface area contributed by atoms with E-state index in [0.717, 1.165) is 29.8 Å². The van der Waals surface area contributed by atoms with Crippen LogP contribution in [0, 0.1) is 13.8 Å². The van der Waals surface area contributed by atoms with Crippen LogP contribution in [0.15, 0.2) is 24.3 Å². The standard InChI is InChI=1S/C15H17N3O/c1-10-12-6-3-4-8-14(12)18-11(2)16-17-15(18)13(10)7-5-9-19/h3-4,6,8,19H,5,7,9H2,1-2H3. The zero-order chi connectivity index (χ0) is 13.4. The van der Waals surface area contributed by atoms with Crippen LogP contribution in [0.1, 0.15) is 23.4 Å². The van der Waals surface area contributed by atoms with E-state index in [0.29, 0.717) is 0 Å². The second-order valence-electron chi connectivity index (χ2n) is 4.85. The van der Waals surface area contributed by atoms with Crippen molar-refractivity contribution in [1.29, 1.82) is 0 Å². The average Bonchev–Trinajstić information content (AvgIpc) is 2.81. The van der Waals surface area contributed by atoms with Gasteiger partial charge < -0.3 is 5.11 Å². The highest BCUT2D eigenvalue weighted by Gasteiger charge is 2.14. The summed E-state index contributed by atoms with van der Waals surface area (Å²) < 4.78 is 2.11. The van der Waals surface area contributed by atoms with E-state index < -0.39 is 0 Å². The Morgan fingerprint density at radius 3 is 2.74 bits per heavy atom. The van der Waals surface area contributed by atoms with E-state index in [1.165, 1.54) is 16.5 Å². The average molecular weight is 255 g/mol. The van der Waals surface area contributed by atoms with Crippen molar-refractivity contribution in [2.24, 2.45) is 0 Å². The van der Waals surface area contributed by atoms with Crippen LogP contribution in [0.25, 0.3) is 16.6 Å². The van der Waals surface area contributed by atoms with Crippen LogP contribution >= 0.6 is 0 Å². The van der Waals surface area contributed by atoms with Gasteiger partial charge in [0.05, 0.1) is 5.52 Å². The number of hydrogen-bond acceptors (Lipinski definition) is 3. The summed E-state index contributed by atoms with van der Waals surface area (Å²) in [6, 6.07) is 8.32. The van der Waals surface area contributed by atoms with E-state index in [1.807, 2.05) is 13.0 Å². The monoisotopic (exact) mass is 255 g/mol. The molecule has 0 unspecified atom stereocenters. The molecule has 3 rings (SSSR count). The predicted octanol–water partition coefficient (Wildman–Crippen LogP) is 2.42. The summed E-state index contributed by atoms with van der Waals surface area (Å²) in [6.45, 7) is 4.29. The van der Waals surface area contributed by atoms with Gasteiger partial charge in [-0.3, -0.25) is 4.40 Å². The number of aryl methyl sites for hydroxylation is 3. The number of hydrogen-bond donors (Lipinski definition) is 1. The zero-order valence-corrected chi connectivity index (χ0v) is 11.2. The van der Waals surface area contributed by atoms with Crippen LogP contribution in [0.3, 0.4) is 0 Å². The molecule has 0 spiro atoms. The van der Waals surface area contributed by atoms with Gasteiger partial charge in [-0.1, -0.05) is 18.2 Å². The number of benzene rings is 1. The Morgan fingerprint density at radius 1 is 1.16 bits per heavy atom. The Labute approximate surface area is 111 Å². The normalized spacial score (nSPS) is 11.5. The van der Waals surface area contributed by atoms with Gasteiger partial charge in [0.1, 0.15) is 5.82 Å². The molecule has 0 aliphatic heterocycles. The topological polar surface area (TPSA) is 50.4 Å². The SMILES string of the molecule is Cc1c(CCCO)c2nnc(C)n2c2ccccc12. The molecule has 4 heteroatoms. The maximum Gasteiger partial charge on any atom is 0.164 e. The molecule has 0 bridgehead atoms. The van der Waals surface area contributed by atoms with E-state index in [4.69, 9.17) is 5.11 Å². The van der Waals surface area contributed by atoms with Gasteiger partial charge in [0.2, 0.25) is 0 Å². The molecule has 0 radical (unpaired) electrons. The lowest BCUT2D eigenvalue weighted by atomic mass is 10.0. The Hall–Kier alpha value is -1.94. The predicted molar refractivity (Wildman–Crippen MR) is 75.4 cm³/mol. The van der Waals surface area contributed by atoms with E-state index in [9.17, 15) is 0 Å². The third-order valence-corrected chi connectivity index (χ3v) is 3.68. The smallest absolute Gasteiger partial charge is 0.164 e. The molecule has 2 heterocycles. The lowest BCUT2D eigenvalue weighted by Gasteiger charge is -2.12. The fourth-order valence-electron chi connectivity index (χ4n) is 2.72. The highest BCUT2D eigenvalue weighted by atomic mass is 16.2. The minimum atomic E-state index is 0.200. The van der Waals surface area contributed by atoms with Crippen molar-refractivity contribution in [1.82, 2.24) is 14.6 Å². The molecular weight excluding hydrogens is 238 g/mol. The fourth-order valence-corrected chi connectivity index (χ4v) is 2.72. The lowest BCUT2D eigenvalue weighted by molar-refractivity contribution is 0.288. The number of pyridine rings is 1. The molecular formula is C15H17N3O. The quantitative estimate of drug-likeness (QED) is 0.782. The van der Waals surface area contributed by atoms with E-state index in [-0.39, 0.29) is 6.61 Å². The van der Waals surface area contributed by atoms with Gasteiger partial charge in [-0.05, 0) is 38.3 Å². The second kappa shape index (κ2) is 4.63. The van der Waals surface area contributed by atoms with Crippen molar-refractivity contribution in [3.05, 3.63) is 41.2 Å². The van der Waals surface area contributed by atoms with Crippen LogP contribution in [0.4, 0.5) is 0 Å². The highest BCUT2D eigenvalue weighted by Crippen LogP contribution is 2.27. The summed E-state index contributed by atoms with van der Waals surface area (Å²) >= 11 is 0. The first-order valence-corrected chi connectivity index (χ1v) is 6.57. The Bertz CT molecular complexity index is 746. The van der Waals surface area contributed by atoms with E-state index in [1.54, 1.807) is 0 Å². The molecule has 3 aromatic rings. The summed E-state index contributed by atoms with van der Waals surface area (Å²) in [5.41, 5.74) is 4.49. The first-order valence-electron chi connectivity index (χ1n) is 6.57. The summed E-state index contributed by atoms with van der Waals surface area (Å²) in [7, 11) is 0. The largest absolute Gasteiger partial charge is 0.396 e. The summed E-state index contributed by atoms with van der Waals surface area (Å²) in [4.78, 5) is 0. The van der Waals surface area contributed by atoms with Crippen LogP contribution in [-0.4, -0.2) is 26.3 Å². The lowest BCUT2D eigenvalue weighted by Crippen LogP contribution is -2.01. The molecule has 1 aromatic carbocycles. The maximum atomic E-state index is 9.07. The van der Waals surface area contributed by atoms with E-state index >= 15 is 0 Å². The molecule has 0 aliphatic carbocycles. The molecule has 1 N–H and O–H groups in total. The maximum absolute atomic E-state index is 9.07. The summed E-state index contributed by atoms with van der Waals surface area (Å²) in [5.74, 6) is 0.899. The molecule has 0 aliphatic rings. The van der Waals surface area contributed by atoms with E-state index in [2.05, 4.69) is 39.7 Å². The number of aliphatic hydroxyl groups is 1. The third kappa shape index (κ3) is 1.79. The van der Waals surface area contributed by atoms with Crippen molar-refractivity contribution in [3.8, 4) is 0 Å². The third-order valence-electron chi connectivity index (χ3n) is 3.68. The van der Waals surface area contributed by atoms with Gasteiger partial charge in [-0.15, -0.1) is 10.2 Å². The van der Waals surface area contributed by atoms with Crippen molar-refractivity contribution in [2.45, 2.75) is 26.7 Å². The van der Waals surface area contributed by atoms with Gasteiger partial charge in [-0.25, -0.2) is 0 Å². The van der Waals surface area contributed by atoms with Crippen molar-refractivity contribution in [2.75, 3.05) is 6.61 Å². The molecule has 0 fully saturated rings. The first-order chi connectivity index (χ1) is 9.24. The number of aliphatic hydroxyl groups excluding tert-OH is 1. The van der Waals surface area contributed by atoms with Gasteiger partial charge in [-0.2, -0.15) is 0 Å². The number of para-hydroxylation sites is 1. The molecule has 19 heavy (non-hydrogen) atoms. The van der Waals surface area contributed by atoms with Crippen LogP contribution in [-0.2, 0) is 6.42 Å². The molecule has 98 valence electrons. The van der Waals surface area contributed by atoms with Gasteiger partial charge in [0.15, 0.2) is 5.65 Å². The summed E-state index contributed by atoms with van der Waals surface area (Å²) in [5, 5.41) is 18.8. The minimum absolute atomic E-state index is 0.200. The molecule has 0 amide bonds. The van der Waals surface area contributed by atoms with Crippen molar-refractivity contribution in [3.63, 3.8) is 0 Å². The first kappa shape index (κ1) is 12.1. The van der Waals surface area contributed by atoms with Gasteiger partial charge in [0, 0.05) is 17.6 Å². The Morgan fingerprint density at radius 2 is 1.95 bits per heavy atom. The molecule has 0 saturated heterocycles. The van der Waals surface area contributed by atoms with Crippen LogP contribution < -0.4 is 0 Å². The number of nitrogens with zero attached hydrogens (tertiary/aromatic N) is 3. The highest BCUT2D eigenvalue weighted by molar-refractivity contribution is 5.87. The minimum Gasteiger partial charge on any atom is -0.396 e. The number of fused-ring (bicyclic) bond motifs is 3. The number of aromatic nitrogens is 3. The van der Waals surface area contributed by atoms with Crippen molar-refractivity contribution < 1.29 is 5.11 Å². The second-order valence-corrected chi connectivity index (χ2v) is 4.85. The Kier molecular flexibility index (Phi) is 2.95. The van der Waals surface area contributed by atoms with Gasteiger partial charge >= 0.3 is 0 Å². The molecule has 0 saturated carbocycles.